The molecule has 2 rings (SSSR count). The van der Waals surface area contributed by atoms with Crippen LogP contribution in [-0.2, 0) is 4.74 Å². The number of rotatable bonds is 6. The van der Waals surface area contributed by atoms with Crippen molar-refractivity contribution in [2.24, 2.45) is 11.3 Å². The molecule has 0 radical (unpaired) electrons. The Morgan fingerprint density at radius 1 is 1.31 bits per heavy atom. The van der Waals surface area contributed by atoms with Crippen LogP contribution in [0.15, 0.2) is 0 Å². The topological polar surface area (TPSA) is 21.3 Å². The zero-order valence-electron chi connectivity index (χ0n) is 11.1. The van der Waals surface area contributed by atoms with Gasteiger partial charge in [0.15, 0.2) is 0 Å². The van der Waals surface area contributed by atoms with Crippen LogP contribution >= 0.6 is 0 Å². The first-order valence-corrected chi connectivity index (χ1v) is 6.99. The molecule has 94 valence electrons. The van der Waals surface area contributed by atoms with Gasteiger partial charge in [-0.2, -0.15) is 0 Å². The van der Waals surface area contributed by atoms with Crippen LogP contribution in [0.3, 0.4) is 0 Å². The maximum Gasteiger partial charge on any atom is 0.0655 e. The van der Waals surface area contributed by atoms with E-state index in [-0.39, 0.29) is 0 Å². The van der Waals surface area contributed by atoms with Crippen molar-refractivity contribution in [1.29, 1.82) is 0 Å². The van der Waals surface area contributed by atoms with Gasteiger partial charge in [0.25, 0.3) is 0 Å². The summed E-state index contributed by atoms with van der Waals surface area (Å²) in [6, 6.07) is 0.670. The highest BCUT2D eigenvalue weighted by Crippen LogP contribution is 2.42. The first-order chi connectivity index (χ1) is 7.64. The van der Waals surface area contributed by atoms with Gasteiger partial charge >= 0.3 is 0 Å². The molecule has 0 aromatic heterocycles. The Morgan fingerprint density at radius 2 is 2.06 bits per heavy atom. The highest BCUT2D eigenvalue weighted by Gasteiger charge is 2.48. The summed E-state index contributed by atoms with van der Waals surface area (Å²) < 4.78 is 5.74. The molecule has 0 aromatic carbocycles. The normalized spacial score (nSPS) is 33.2. The molecule has 0 aliphatic heterocycles. The molecule has 2 nitrogen and oxygen atoms in total. The first kappa shape index (κ1) is 12.4. The molecule has 2 unspecified atom stereocenters. The van der Waals surface area contributed by atoms with E-state index < -0.39 is 0 Å². The van der Waals surface area contributed by atoms with Gasteiger partial charge in [-0.1, -0.05) is 33.1 Å². The lowest BCUT2D eigenvalue weighted by molar-refractivity contribution is -0.114. The zero-order chi connectivity index (χ0) is 11.6. The molecule has 0 heterocycles. The molecule has 2 fully saturated rings. The summed E-state index contributed by atoms with van der Waals surface area (Å²) >= 11 is 0. The minimum absolute atomic E-state index is 0.329. The Morgan fingerprint density at radius 3 is 2.56 bits per heavy atom. The Hall–Kier alpha value is -0.0800. The maximum atomic E-state index is 5.74. The molecular weight excluding hydrogens is 198 g/mol. The summed E-state index contributed by atoms with van der Waals surface area (Å²) in [6.45, 7) is 8.81. The molecule has 1 N–H and O–H groups in total. The fraction of sp³-hybridized carbons (Fsp3) is 1.00. The van der Waals surface area contributed by atoms with Crippen LogP contribution in [0.5, 0.6) is 0 Å². The third-order valence-corrected chi connectivity index (χ3v) is 4.71. The molecule has 2 aliphatic carbocycles. The summed E-state index contributed by atoms with van der Waals surface area (Å²) in [5.74, 6) is 1.03. The average Bonchev–Trinajstić information content (AvgIpc) is 2.18. The Labute approximate surface area is 100 Å². The third kappa shape index (κ3) is 2.43. The predicted molar refractivity (Wildman–Crippen MR) is 67.6 cm³/mol. The minimum Gasteiger partial charge on any atom is -0.378 e. The lowest BCUT2D eigenvalue weighted by atomic mass is 9.64. The Balaban J connectivity index is 1.63. The van der Waals surface area contributed by atoms with E-state index in [1.54, 1.807) is 0 Å². The second-order valence-electron chi connectivity index (χ2n) is 6.09. The Bertz CT molecular complexity index is 223. The second kappa shape index (κ2) is 5.05. The van der Waals surface area contributed by atoms with Gasteiger partial charge in [0, 0.05) is 18.1 Å². The van der Waals surface area contributed by atoms with E-state index in [0.717, 1.165) is 12.5 Å². The van der Waals surface area contributed by atoms with Gasteiger partial charge in [-0.25, -0.2) is 0 Å². The van der Waals surface area contributed by atoms with E-state index in [9.17, 15) is 0 Å². The van der Waals surface area contributed by atoms with E-state index in [2.05, 4.69) is 26.1 Å². The quantitative estimate of drug-likeness (QED) is 0.750. The van der Waals surface area contributed by atoms with Crippen molar-refractivity contribution in [3.8, 4) is 0 Å². The zero-order valence-corrected chi connectivity index (χ0v) is 11.1. The van der Waals surface area contributed by atoms with Crippen LogP contribution in [0.1, 0.15) is 52.9 Å². The van der Waals surface area contributed by atoms with E-state index in [1.807, 2.05) is 0 Å². The lowest BCUT2D eigenvalue weighted by Gasteiger charge is -2.52. The molecule has 16 heavy (non-hydrogen) atoms. The smallest absolute Gasteiger partial charge is 0.0655 e. The van der Waals surface area contributed by atoms with E-state index in [0.29, 0.717) is 17.6 Å². The molecular formula is C14H27NO. The molecule has 2 heteroatoms. The highest BCUT2D eigenvalue weighted by molar-refractivity contribution is 5.02. The van der Waals surface area contributed by atoms with Crippen LogP contribution in [0.25, 0.3) is 0 Å². The minimum atomic E-state index is 0.329. The fourth-order valence-corrected chi connectivity index (χ4v) is 2.96. The van der Waals surface area contributed by atoms with Crippen molar-refractivity contribution in [2.75, 3.05) is 13.2 Å². The molecule has 2 aliphatic rings. The van der Waals surface area contributed by atoms with Gasteiger partial charge in [-0.3, -0.25) is 0 Å². The van der Waals surface area contributed by atoms with Gasteiger partial charge in [0.1, 0.15) is 0 Å². The van der Waals surface area contributed by atoms with Gasteiger partial charge in [-0.05, 0) is 32.2 Å². The SMILES string of the molecule is CCOC1CC(NCCC2CCC2)C1(C)C. The number of hydrogen-bond acceptors (Lipinski definition) is 2. The monoisotopic (exact) mass is 225 g/mol. The van der Waals surface area contributed by atoms with Crippen molar-refractivity contribution in [3.63, 3.8) is 0 Å². The van der Waals surface area contributed by atoms with Crippen LogP contribution < -0.4 is 5.32 Å². The predicted octanol–water partition coefficient (Wildman–Crippen LogP) is 2.97. The van der Waals surface area contributed by atoms with Gasteiger partial charge in [-0.15, -0.1) is 0 Å². The molecule has 0 bridgehead atoms. The van der Waals surface area contributed by atoms with Crippen LogP contribution in [0.4, 0.5) is 0 Å². The number of nitrogens with one attached hydrogen (secondary N) is 1. The molecule has 2 atom stereocenters. The summed E-state index contributed by atoms with van der Waals surface area (Å²) in [4.78, 5) is 0. The summed E-state index contributed by atoms with van der Waals surface area (Å²) in [7, 11) is 0. The van der Waals surface area contributed by atoms with Crippen LogP contribution in [0.2, 0.25) is 0 Å². The first-order valence-electron chi connectivity index (χ1n) is 6.99. The molecule has 0 saturated heterocycles. The van der Waals surface area contributed by atoms with Gasteiger partial charge in [0.05, 0.1) is 6.10 Å². The van der Waals surface area contributed by atoms with E-state index in [1.165, 1.54) is 38.6 Å². The van der Waals surface area contributed by atoms with Crippen molar-refractivity contribution in [2.45, 2.75) is 65.0 Å². The van der Waals surface area contributed by atoms with Crippen molar-refractivity contribution in [1.82, 2.24) is 5.32 Å². The van der Waals surface area contributed by atoms with Gasteiger partial charge < -0.3 is 10.1 Å². The largest absolute Gasteiger partial charge is 0.378 e. The molecule has 0 amide bonds. The third-order valence-electron chi connectivity index (χ3n) is 4.71. The van der Waals surface area contributed by atoms with Crippen LogP contribution in [0, 0.1) is 11.3 Å². The molecule has 0 aromatic rings. The number of ether oxygens (including phenoxy) is 1. The fourth-order valence-electron chi connectivity index (χ4n) is 2.96. The Kier molecular flexibility index (Phi) is 3.91. The average molecular weight is 225 g/mol. The highest BCUT2D eigenvalue weighted by atomic mass is 16.5. The van der Waals surface area contributed by atoms with Crippen molar-refractivity contribution in [3.05, 3.63) is 0 Å². The standard InChI is InChI=1S/C14H27NO/c1-4-16-13-10-12(14(13,2)3)15-9-8-11-6-5-7-11/h11-13,15H,4-10H2,1-3H3. The second-order valence-corrected chi connectivity index (χ2v) is 6.09. The van der Waals surface area contributed by atoms with Crippen LogP contribution in [-0.4, -0.2) is 25.3 Å². The number of hydrogen-bond donors (Lipinski definition) is 1. The summed E-state index contributed by atoms with van der Waals surface area (Å²) in [5.41, 5.74) is 0.329. The van der Waals surface area contributed by atoms with E-state index in [4.69, 9.17) is 4.74 Å². The maximum absolute atomic E-state index is 5.74. The van der Waals surface area contributed by atoms with Crippen molar-refractivity contribution < 1.29 is 4.74 Å². The lowest BCUT2D eigenvalue weighted by Crippen LogP contribution is -2.61. The van der Waals surface area contributed by atoms with E-state index >= 15 is 0 Å². The molecule has 2 saturated carbocycles. The molecule has 0 spiro atoms. The van der Waals surface area contributed by atoms with Crippen molar-refractivity contribution >= 4 is 0 Å². The van der Waals surface area contributed by atoms with Gasteiger partial charge in [0.2, 0.25) is 0 Å². The summed E-state index contributed by atoms with van der Waals surface area (Å²) in [5, 5.41) is 3.72. The summed E-state index contributed by atoms with van der Waals surface area (Å²) in [6.07, 6.45) is 7.46.